The van der Waals surface area contributed by atoms with Crippen LogP contribution in [0.25, 0.3) is 16.9 Å². The summed E-state index contributed by atoms with van der Waals surface area (Å²) in [4.78, 5) is 19.3. The summed E-state index contributed by atoms with van der Waals surface area (Å²) >= 11 is 12.6. The number of rotatable bonds is 10. The number of aromatic nitrogens is 3. The van der Waals surface area contributed by atoms with E-state index in [1.165, 1.54) is 0 Å². The quantitative estimate of drug-likeness (QED) is 0.149. The van der Waals surface area contributed by atoms with Crippen LogP contribution in [0.2, 0.25) is 10.0 Å². The lowest BCUT2D eigenvalue weighted by molar-refractivity contribution is 0.0230. The third-order valence-electron chi connectivity index (χ3n) is 8.02. The van der Waals surface area contributed by atoms with Crippen LogP contribution in [0.15, 0.2) is 84.1 Å². The summed E-state index contributed by atoms with van der Waals surface area (Å²) in [5.41, 5.74) is 5.05. The first-order valence-corrected chi connectivity index (χ1v) is 14.9. The zero-order chi connectivity index (χ0) is 29.4. The SMILES string of the molecule is CC.CC1(C)[C@@H](CCNC(Cc2ccccc2)N=C=O)C[C@H]1c1cc(-c2cccnc2)nn1-c1ccc(Cl)c(Cl)c1. The van der Waals surface area contributed by atoms with Crippen LogP contribution < -0.4 is 5.32 Å². The molecule has 0 aliphatic heterocycles. The molecule has 3 atom stereocenters. The van der Waals surface area contributed by atoms with Crippen molar-refractivity contribution < 1.29 is 4.79 Å². The second kappa shape index (κ2) is 14.1. The number of nitrogens with one attached hydrogen (secondary N) is 1. The van der Waals surface area contributed by atoms with E-state index >= 15 is 0 Å². The Kier molecular flexibility index (Phi) is 10.5. The van der Waals surface area contributed by atoms with Gasteiger partial charge in [0.15, 0.2) is 0 Å². The summed E-state index contributed by atoms with van der Waals surface area (Å²) in [6, 6.07) is 21.8. The molecule has 1 unspecified atom stereocenters. The third-order valence-corrected chi connectivity index (χ3v) is 8.76. The van der Waals surface area contributed by atoms with Crippen LogP contribution in [0, 0.1) is 11.3 Å². The van der Waals surface area contributed by atoms with Crippen LogP contribution in [0.4, 0.5) is 0 Å². The van der Waals surface area contributed by atoms with Crippen LogP contribution in [0.3, 0.4) is 0 Å². The largest absolute Gasteiger partial charge is 0.295 e. The van der Waals surface area contributed by atoms with E-state index in [1.807, 2.05) is 85.4 Å². The first-order valence-electron chi connectivity index (χ1n) is 14.2. The minimum absolute atomic E-state index is 0.0464. The fraction of sp³-hybridized carbons (Fsp3) is 0.364. The van der Waals surface area contributed by atoms with Gasteiger partial charge in [-0.25, -0.2) is 9.48 Å². The lowest BCUT2D eigenvalue weighted by Gasteiger charge is -2.52. The number of pyridine rings is 1. The summed E-state index contributed by atoms with van der Waals surface area (Å²) in [5.74, 6) is 0.814. The Labute approximate surface area is 252 Å². The number of nitrogens with zero attached hydrogens (tertiary/aromatic N) is 4. The van der Waals surface area contributed by atoms with Crippen LogP contribution in [0.5, 0.6) is 0 Å². The maximum absolute atomic E-state index is 11.0. The number of isocyanates is 1. The molecule has 214 valence electrons. The minimum Gasteiger partial charge on any atom is -0.295 e. The first kappa shape index (κ1) is 30.7. The number of carbonyl (C=O) groups excluding carboxylic acids is 1. The molecule has 41 heavy (non-hydrogen) atoms. The molecule has 1 N–H and O–H groups in total. The van der Waals surface area contributed by atoms with Gasteiger partial charge in [0.05, 0.1) is 21.4 Å². The first-order chi connectivity index (χ1) is 19.9. The van der Waals surface area contributed by atoms with Crippen molar-refractivity contribution in [1.29, 1.82) is 0 Å². The summed E-state index contributed by atoms with van der Waals surface area (Å²) < 4.78 is 2.00. The van der Waals surface area contributed by atoms with Gasteiger partial charge in [-0.15, -0.1) is 0 Å². The van der Waals surface area contributed by atoms with Gasteiger partial charge in [-0.05, 0) is 72.7 Å². The van der Waals surface area contributed by atoms with Gasteiger partial charge >= 0.3 is 0 Å². The van der Waals surface area contributed by atoms with Crippen molar-refractivity contribution in [3.63, 3.8) is 0 Å². The lowest BCUT2D eigenvalue weighted by atomic mass is 9.53. The van der Waals surface area contributed by atoms with Crippen molar-refractivity contribution in [2.24, 2.45) is 16.3 Å². The number of halogens is 2. The van der Waals surface area contributed by atoms with Crippen LogP contribution in [-0.4, -0.2) is 33.6 Å². The Morgan fingerprint density at radius 3 is 2.51 bits per heavy atom. The Morgan fingerprint density at radius 1 is 1.07 bits per heavy atom. The molecule has 0 saturated heterocycles. The van der Waals surface area contributed by atoms with Crippen molar-refractivity contribution in [2.75, 3.05) is 6.54 Å². The zero-order valence-corrected chi connectivity index (χ0v) is 25.5. The average molecular weight is 591 g/mol. The maximum Gasteiger partial charge on any atom is 0.236 e. The predicted molar refractivity (Wildman–Crippen MR) is 167 cm³/mol. The van der Waals surface area contributed by atoms with Gasteiger partial charge in [0.25, 0.3) is 0 Å². The topological polar surface area (TPSA) is 72.2 Å². The van der Waals surface area contributed by atoms with Gasteiger partial charge in [0.1, 0.15) is 6.17 Å². The smallest absolute Gasteiger partial charge is 0.236 e. The van der Waals surface area contributed by atoms with E-state index < -0.39 is 0 Å². The highest BCUT2D eigenvalue weighted by molar-refractivity contribution is 6.42. The zero-order valence-electron chi connectivity index (χ0n) is 24.0. The van der Waals surface area contributed by atoms with Crippen LogP contribution in [-0.2, 0) is 11.2 Å². The van der Waals surface area contributed by atoms with Gasteiger partial charge in [0, 0.05) is 36.0 Å². The molecule has 2 aromatic heterocycles. The Bertz CT molecular complexity index is 1470. The predicted octanol–water partition coefficient (Wildman–Crippen LogP) is 8.28. The summed E-state index contributed by atoms with van der Waals surface area (Å²) in [6.45, 7) is 9.43. The highest BCUT2D eigenvalue weighted by Gasteiger charge is 2.49. The molecule has 4 aromatic rings. The van der Waals surface area contributed by atoms with E-state index in [9.17, 15) is 4.79 Å². The highest BCUT2D eigenvalue weighted by atomic mass is 35.5. The molecule has 2 aromatic carbocycles. The van der Waals surface area contributed by atoms with Gasteiger partial charge < -0.3 is 0 Å². The third kappa shape index (κ3) is 7.14. The molecule has 1 aliphatic carbocycles. The molecule has 8 heteroatoms. The Hall–Kier alpha value is -3.28. The molecule has 2 heterocycles. The van der Waals surface area contributed by atoms with Crippen molar-refractivity contribution >= 4 is 29.3 Å². The van der Waals surface area contributed by atoms with Crippen LogP contribution >= 0.6 is 23.2 Å². The van der Waals surface area contributed by atoms with Gasteiger partial charge in [-0.1, -0.05) is 81.2 Å². The summed E-state index contributed by atoms with van der Waals surface area (Å²) in [7, 11) is 0. The number of aliphatic imine (C=N–C) groups is 1. The van der Waals surface area contributed by atoms with E-state index in [1.54, 1.807) is 12.3 Å². The molecule has 1 saturated carbocycles. The number of hydrogen-bond donors (Lipinski definition) is 1. The Balaban J connectivity index is 0.00000189. The maximum atomic E-state index is 11.0. The monoisotopic (exact) mass is 589 g/mol. The van der Waals surface area contributed by atoms with Crippen molar-refractivity contribution in [1.82, 2.24) is 20.1 Å². The van der Waals surface area contributed by atoms with E-state index in [2.05, 4.69) is 35.2 Å². The molecule has 0 radical (unpaired) electrons. The molecule has 0 spiro atoms. The fourth-order valence-electron chi connectivity index (χ4n) is 5.62. The van der Waals surface area contributed by atoms with Gasteiger partial charge in [0.2, 0.25) is 6.08 Å². The molecular formula is C33H37Cl2N5O. The standard InChI is InChI=1S/C31H31Cl2N5O.C2H6/c1-31(2)23(12-14-35-30(36-20-39)15-21-7-4-3-5-8-21)16-25(31)29-18-28(22-9-6-13-34-19-22)37-38(29)24-10-11-26(32)27(33)17-24;1-2/h3-11,13,17-19,23,25,30,35H,12,14-16H2,1-2H3;1-2H3/t23-,25-,30?;/m0./s1. The summed E-state index contributed by atoms with van der Waals surface area (Å²) in [6.07, 6.45) is 7.73. The minimum atomic E-state index is -0.276. The van der Waals surface area contributed by atoms with E-state index in [4.69, 9.17) is 28.3 Å². The van der Waals surface area contributed by atoms with Gasteiger partial charge in [-0.3, -0.25) is 10.3 Å². The summed E-state index contributed by atoms with van der Waals surface area (Å²) in [5, 5.41) is 9.44. The number of benzene rings is 2. The Morgan fingerprint density at radius 2 is 1.85 bits per heavy atom. The van der Waals surface area contributed by atoms with Crippen LogP contribution in [0.1, 0.15) is 57.7 Å². The molecule has 6 nitrogen and oxygen atoms in total. The highest BCUT2D eigenvalue weighted by Crippen LogP contribution is 2.58. The van der Waals surface area contributed by atoms with E-state index in [-0.39, 0.29) is 11.6 Å². The normalized spacial score (nSPS) is 17.9. The van der Waals surface area contributed by atoms with E-state index in [0.29, 0.717) is 28.3 Å². The van der Waals surface area contributed by atoms with Gasteiger partial charge in [-0.2, -0.15) is 10.1 Å². The number of hydrogen-bond acceptors (Lipinski definition) is 5. The second-order valence-electron chi connectivity index (χ2n) is 10.7. The molecule has 5 rings (SSSR count). The lowest BCUT2D eigenvalue weighted by Crippen LogP contribution is -2.45. The molecule has 0 amide bonds. The van der Waals surface area contributed by atoms with Crippen molar-refractivity contribution in [3.05, 3.63) is 100 Å². The molecule has 1 aliphatic rings. The van der Waals surface area contributed by atoms with E-state index in [0.717, 1.165) is 47.6 Å². The van der Waals surface area contributed by atoms with Crippen molar-refractivity contribution in [3.8, 4) is 16.9 Å². The molecular weight excluding hydrogens is 553 g/mol. The fourth-order valence-corrected chi connectivity index (χ4v) is 5.91. The van der Waals surface area contributed by atoms with Crippen molar-refractivity contribution in [2.45, 2.75) is 59.0 Å². The second-order valence-corrected chi connectivity index (χ2v) is 11.5. The molecule has 1 fully saturated rings. The molecule has 0 bridgehead atoms. The average Bonchev–Trinajstić information content (AvgIpc) is 3.42.